The first-order valence-electron chi connectivity index (χ1n) is 20.7. The first-order valence-corrected chi connectivity index (χ1v) is 20.7. The molecule has 2 heterocycles. The highest BCUT2D eigenvalue weighted by Crippen LogP contribution is 2.43. The summed E-state index contributed by atoms with van der Waals surface area (Å²) in [5.41, 5.74) is 16.9. The summed E-state index contributed by atoms with van der Waals surface area (Å²) in [7, 11) is 0. The van der Waals surface area contributed by atoms with Gasteiger partial charge in [0.05, 0.1) is 5.69 Å². The molecule has 8 aromatic carbocycles. The highest BCUT2D eigenvalue weighted by Gasteiger charge is 2.31. The van der Waals surface area contributed by atoms with E-state index in [1.54, 1.807) is 0 Å². The fraction of sp³-hybridized carbons (Fsp3) is 0.0526. The molecule has 2 heteroatoms. The van der Waals surface area contributed by atoms with Crippen molar-refractivity contribution < 1.29 is 4.90 Å². The summed E-state index contributed by atoms with van der Waals surface area (Å²) < 4.78 is 0. The lowest BCUT2D eigenvalue weighted by molar-refractivity contribution is -0.716. The molecule has 1 unspecified atom stereocenters. The first-order chi connectivity index (χ1) is 29.1. The molecule has 1 N–H and O–H groups in total. The number of nitrogens with zero attached hydrogens (tertiary/aromatic N) is 1. The summed E-state index contributed by atoms with van der Waals surface area (Å²) in [4.78, 5) is 3.66. The molecule has 0 aromatic heterocycles. The fourth-order valence-corrected chi connectivity index (χ4v) is 9.69. The largest absolute Gasteiger partial charge is 0.310 e. The SMILES string of the molecule is C=C1/C(=C\C)C=Cc2cc(C3=CCCC4=C3C=Cc3ccccc3[NH+]4c3ccccc3)ccc2N1c1ccc(-c2ccc3c4ccccc4c4ccccc4c3c2)cc1. The van der Waals surface area contributed by atoms with Crippen molar-refractivity contribution in [2.24, 2.45) is 0 Å². The molecule has 2 nitrogen and oxygen atoms in total. The van der Waals surface area contributed by atoms with Gasteiger partial charge in [-0.15, -0.1) is 0 Å². The lowest BCUT2D eigenvalue weighted by Gasteiger charge is -2.29. The molecule has 1 atom stereocenters. The number of benzene rings is 8. The molecule has 0 saturated heterocycles. The Labute approximate surface area is 346 Å². The maximum absolute atomic E-state index is 4.66. The molecule has 8 aromatic rings. The normalized spacial score (nSPS) is 16.9. The highest BCUT2D eigenvalue weighted by molar-refractivity contribution is 6.25. The molecule has 280 valence electrons. The third-order valence-electron chi connectivity index (χ3n) is 12.5. The summed E-state index contributed by atoms with van der Waals surface area (Å²) in [6.45, 7) is 6.76. The van der Waals surface area contributed by atoms with Crippen molar-refractivity contribution in [2.75, 3.05) is 4.90 Å². The summed E-state index contributed by atoms with van der Waals surface area (Å²) in [6, 6.07) is 60.2. The van der Waals surface area contributed by atoms with Crippen LogP contribution in [0.2, 0.25) is 0 Å². The van der Waals surface area contributed by atoms with E-state index in [0.717, 1.165) is 35.5 Å². The van der Waals surface area contributed by atoms with Gasteiger partial charge in [0.25, 0.3) is 0 Å². The number of hydrogen-bond donors (Lipinski definition) is 1. The lowest BCUT2D eigenvalue weighted by Crippen LogP contribution is -3.00. The quantitative estimate of drug-likeness (QED) is 0.176. The van der Waals surface area contributed by atoms with Gasteiger partial charge in [0.15, 0.2) is 0 Å². The van der Waals surface area contributed by atoms with Crippen LogP contribution in [0.1, 0.15) is 36.5 Å². The Morgan fingerprint density at radius 2 is 1.17 bits per heavy atom. The van der Waals surface area contributed by atoms with Crippen LogP contribution in [0.4, 0.5) is 22.7 Å². The van der Waals surface area contributed by atoms with Gasteiger partial charge in [-0.2, -0.15) is 0 Å². The molecule has 0 saturated carbocycles. The summed E-state index contributed by atoms with van der Waals surface area (Å²) >= 11 is 0. The van der Waals surface area contributed by atoms with Crippen molar-refractivity contribution >= 4 is 72.8 Å². The maximum atomic E-state index is 4.66. The zero-order valence-electron chi connectivity index (χ0n) is 33.1. The number of para-hydroxylation sites is 2. The van der Waals surface area contributed by atoms with Crippen LogP contribution < -0.4 is 9.80 Å². The van der Waals surface area contributed by atoms with Crippen LogP contribution in [0.15, 0.2) is 217 Å². The van der Waals surface area contributed by atoms with E-state index >= 15 is 0 Å². The zero-order valence-corrected chi connectivity index (χ0v) is 33.1. The number of rotatable bonds is 4. The van der Waals surface area contributed by atoms with Crippen LogP contribution >= 0.6 is 0 Å². The first kappa shape index (κ1) is 34.9. The molecule has 0 amide bonds. The molecular weight excluding hydrogens is 713 g/mol. The van der Waals surface area contributed by atoms with Gasteiger partial charge in [-0.1, -0.05) is 140 Å². The van der Waals surface area contributed by atoms with Crippen LogP contribution in [0, 0.1) is 0 Å². The van der Waals surface area contributed by atoms with Gasteiger partial charge >= 0.3 is 0 Å². The second kappa shape index (κ2) is 14.3. The summed E-state index contributed by atoms with van der Waals surface area (Å²) in [5.74, 6) is 0. The Morgan fingerprint density at radius 1 is 0.542 bits per heavy atom. The average molecular weight is 756 g/mol. The van der Waals surface area contributed by atoms with E-state index in [9.17, 15) is 0 Å². The summed E-state index contributed by atoms with van der Waals surface area (Å²) in [5, 5.41) is 7.74. The van der Waals surface area contributed by atoms with E-state index in [0.29, 0.717) is 0 Å². The topological polar surface area (TPSA) is 7.68 Å². The molecule has 2 aliphatic heterocycles. The number of anilines is 2. The minimum Gasteiger partial charge on any atom is -0.310 e. The minimum absolute atomic E-state index is 0.959. The third kappa shape index (κ3) is 5.83. The summed E-state index contributed by atoms with van der Waals surface area (Å²) in [6.07, 6.45) is 15.7. The van der Waals surface area contributed by atoms with Gasteiger partial charge in [-0.05, 0) is 140 Å². The average Bonchev–Trinajstić information content (AvgIpc) is 3.56. The second-order valence-electron chi connectivity index (χ2n) is 15.7. The monoisotopic (exact) mass is 755 g/mol. The van der Waals surface area contributed by atoms with Crippen molar-refractivity contribution in [2.45, 2.75) is 19.8 Å². The number of quaternary nitrogens is 1. The van der Waals surface area contributed by atoms with Crippen molar-refractivity contribution in [3.05, 3.63) is 234 Å². The van der Waals surface area contributed by atoms with Gasteiger partial charge < -0.3 is 4.90 Å². The zero-order chi connectivity index (χ0) is 39.5. The van der Waals surface area contributed by atoms with E-state index in [2.05, 4.69) is 219 Å². The van der Waals surface area contributed by atoms with Crippen molar-refractivity contribution in [3.8, 4) is 11.1 Å². The number of allylic oxidation sites excluding steroid dienone is 7. The Balaban J connectivity index is 0.977. The van der Waals surface area contributed by atoms with Gasteiger partial charge in [0.1, 0.15) is 17.1 Å². The molecule has 0 fully saturated rings. The second-order valence-corrected chi connectivity index (χ2v) is 15.7. The molecule has 0 bridgehead atoms. The maximum Gasteiger partial charge on any atom is 0.148 e. The van der Waals surface area contributed by atoms with Crippen LogP contribution in [0.3, 0.4) is 0 Å². The standard InChI is InChI=1S/C57H42N2/c1-3-39-24-25-44-36-43(47-21-13-23-57-53(47)34-28-41-14-7-12-22-55(41)59(57)45-15-5-4-6-16-45)30-35-56(44)58(38(39)2)46-31-26-40(27-32-46)42-29-33-52-50-19-9-8-17-48(50)49-18-10-11-20-51(49)54(52)37-42/h3-12,14-22,24-37H,2,13,23H2,1H3/p+1/b39-3-. The minimum atomic E-state index is 0.959. The van der Waals surface area contributed by atoms with Gasteiger partial charge in [0, 0.05) is 35.0 Å². The van der Waals surface area contributed by atoms with E-state index < -0.39 is 0 Å². The molecule has 59 heavy (non-hydrogen) atoms. The Hall–Kier alpha value is -7.26. The Bertz CT molecular complexity index is 3140. The highest BCUT2D eigenvalue weighted by atomic mass is 15.2. The molecule has 3 aliphatic rings. The van der Waals surface area contributed by atoms with Gasteiger partial charge in [-0.3, -0.25) is 0 Å². The van der Waals surface area contributed by atoms with E-state index in [1.807, 2.05) is 0 Å². The van der Waals surface area contributed by atoms with Gasteiger partial charge in [-0.25, -0.2) is 4.90 Å². The number of fused-ring (bicyclic) bond motifs is 8. The van der Waals surface area contributed by atoms with Crippen molar-refractivity contribution in [3.63, 3.8) is 0 Å². The van der Waals surface area contributed by atoms with E-state index in [4.69, 9.17) is 0 Å². The molecular formula is C57H43N2+. The smallest absolute Gasteiger partial charge is 0.148 e. The van der Waals surface area contributed by atoms with E-state index in [1.165, 1.54) is 93.3 Å². The Morgan fingerprint density at radius 3 is 1.92 bits per heavy atom. The van der Waals surface area contributed by atoms with Crippen LogP contribution in [-0.4, -0.2) is 0 Å². The van der Waals surface area contributed by atoms with Crippen molar-refractivity contribution in [1.82, 2.24) is 0 Å². The van der Waals surface area contributed by atoms with Crippen molar-refractivity contribution in [1.29, 1.82) is 0 Å². The predicted molar refractivity (Wildman–Crippen MR) is 251 cm³/mol. The van der Waals surface area contributed by atoms with Crippen LogP contribution in [0.25, 0.3) is 61.2 Å². The fourth-order valence-electron chi connectivity index (χ4n) is 9.69. The van der Waals surface area contributed by atoms with Gasteiger partial charge in [0.2, 0.25) is 0 Å². The number of hydrogen-bond acceptors (Lipinski definition) is 1. The lowest BCUT2D eigenvalue weighted by atomic mass is 9.88. The molecule has 0 spiro atoms. The number of nitrogens with one attached hydrogen (secondary N) is 1. The van der Waals surface area contributed by atoms with Crippen LogP contribution in [-0.2, 0) is 0 Å². The van der Waals surface area contributed by atoms with E-state index in [-0.39, 0.29) is 0 Å². The third-order valence-corrected chi connectivity index (χ3v) is 12.5. The molecule has 1 aliphatic carbocycles. The molecule has 11 rings (SSSR count). The van der Waals surface area contributed by atoms with Crippen LogP contribution in [0.5, 0.6) is 0 Å². The predicted octanol–water partition coefficient (Wildman–Crippen LogP) is 14.4. The Kier molecular flexibility index (Phi) is 8.46. The molecule has 0 radical (unpaired) electrons.